The van der Waals surface area contributed by atoms with Crippen LogP contribution in [0.2, 0.25) is 0 Å². The maximum atomic E-state index is 11.5. The Morgan fingerprint density at radius 2 is 2.04 bits per heavy atom. The molecule has 1 aromatic carbocycles. The highest BCUT2D eigenvalue weighted by atomic mass is 32.1. The zero-order chi connectivity index (χ0) is 16.5. The third-order valence-electron chi connectivity index (χ3n) is 2.89. The van der Waals surface area contributed by atoms with Crippen molar-refractivity contribution >= 4 is 29.5 Å². The van der Waals surface area contributed by atoms with Gasteiger partial charge in [0.15, 0.2) is 0 Å². The van der Waals surface area contributed by atoms with Crippen LogP contribution in [0.4, 0.5) is 4.79 Å². The first-order chi connectivity index (χ1) is 11.1. The smallest absolute Gasteiger partial charge is 0.407 e. The van der Waals surface area contributed by atoms with Crippen LogP contribution >= 0.6 is 11.3 Å². The summed E-state index contributed by atoms with van der Waals surface area (Å²) in [7, 11) is 0. The third kappa shape index (κ3) is 6.36. The number of carboxylic acids is 1. The topological polar surface area (TPSA) is 75.6 Å². The molecular formula is C17H17NO4S. The van der Waals surface area contributed by atoms with Crippen molar-refractivity contribution < 1.29 is 19.4 Å². The minimum absolute atomic E-state index is 0.0303. The van der Waals surface area contributed by atoms with Crippen molar-refractivity contribution in [3.8, 4) is 0 Å². The highest BCUT2D eigenvalue weighted by Gasteiger charge is 2.03. The average Bonchev–Trinajstić information content (AvgIpc) is 2.97. The van der Waals surface area contributed by atoms with Crippen LogP contribution < -0.4 is 5.32 Å². The molecule has 1 aromatic heterocycles. The highest BCUT2D eigenvalue weighted by molar-refractivity contribution is 7.10. The minimum atomic E-state index is -0.842. The third-order valence-corrected chi connectivity index (χ3v) is 3.84. The van der Waals surface area contributed by atoms with Crippen LogP contribution in [-0.2, 0) is 22.6 Å². The van der Waals surface area contributed by atoms with E-state index < -0.39 is 12.1 Å². The second-order valence-electron chi connectivity index (χ2n) is 4.76. The first-order valence-electron chi connectivity index (χ1n) is 7.04. The van der Waals surface area contributed by atoms with Crippen molar-refractivity contribution in [1.82, 2.24) is 5.32 Å². The van der Waals surface area contributed by atoms with Gasteiger partial charge >= 0.3 is 12.1 Å². The average molecular weight is 331 g/mol. The van der Waals surface area contributed by atoms with Crippen LogP contribution in [0.3, 0.4) is 0 Å². The van der Waals surface area contributed by atoms with Gasteiger partial charge in [-0.1, -0.05) is 42.5 Å². The summed E-state index contributed by atoms with van der Waals surface area (Å²) >= 11 is 1.40. The molecule has 0 aliphatic rings. The largest absolute Gasteiger partial charge is 0.481 e. The number of amides is 1. The summed E-state index contributed by atoms with van der Waals surface area (Å²) in [6.45, 7) is 0.581. The Balaban J connectivity index is 1.68. The Morgan fingerprint density at radius 3 is 2.78 bits per heavy atom. The number of ether oxygens (including phenoxy) is 1. The number of benzene rings is 1. The van der Waals surface area contributed by atoms with Gasteiger partial charge in [0.05, 0.1) is 6.42 Å². The maximum absolute atomic E-state index is 11.5. The van der Waals surface area contributed by atoms with E-state index in [0.717, 1.165) is 16.0 Å². The number of nitrogens with one attached hydrogen (secondary N) is 1. The molecule has 120 valence electrons. The summed E-state index contributed by atoms with van der Waals surface area (Å²) in [4.78, 5) is 22.9. The highest BCUT2D eigenvalue weighted by Crippen LogP contribution is 2.16. The molecule has 0 bridgehead atoms. The molecule has 0 unspecified atom stereocenters. The predicted molar refractivity (Wildman–Crippen MR) is 89.3 cm³/mol. The van der Waals surface area contributed by atoms with Crippen LogP contribution in [0.15, 0.2) is 47.9 Å². The SMILES string of the molecule is O=C(O)Cc1cc(C=CCNC(=O)OCc2ccccc2)cs1. The molecule has 0 atom stereocenters. The quantitative estimate of drug-likeness (QED) is 0.816. The lowest BCUT2D eigenvalue weighted by molar-refractivity contribution is -0.136. The second-order valence-corrected chi connectivity index (χ2v) is 5.76. The normalized spacial score (nSPS) is 10.6. The summed E-state index contributed by atoms with van der Waals surface area (Å²) in [6, 6.07) is 11.3. The zero-order valence-corrected chi connectivity index (χ0v) is 13.2. The van der Waals surface area contributed by atoms with Gasteiger partial charge in [-0.2, -0.15) is 0 Å². The van der Waals surface area contributed by atoms with Gasteiger partial charge in [0.25, 0.3) is 0 Å². The minimum Gasteiger partial charge on any atom is -0.481 e. The van der Waals surface area contributed by atoms with Gasteiger partial charge in [-0.05, 0) is 22.6 Å². The van der Waals surface area contributed by atoms with E-state index in [1.807, 2.05) is 47.9 Å². The summed E-state index contributed by atoms with van der Waals surface area (Å²) in [6.07, 6.45) is 3.17. The lowest BCUT2D eigenvalue weighted by Gasteiger charge is -2.05. The number of rotatable bonds is 7. The maximum Gasteiger partial charge on any atom is 0.407 e. The molecule has 2 rings (SSSR count). The molecule has 6 heteroatoms. The lowest BCUT2D eigenvalue weighted by Crippen LogP contribution is -2.24. The van der Waals surface area contributed by atoms with E-state index in [1.54, 1.807) is 6.08 Å². The Hall–Kier alpha value is -2.60. The summed E-state index contributed by atoms with van der Waals surface area (Å²) in [5.74, 6) is -0.842. The Labute approximate surface area is 138 Å². The lowest BCUT2D eigenvalue weighted by atomic mass is 10.2. The molecule has 0 fully saturated rings. The van der Waals surface area contributed by atoms with Gasteiger partial charge in [-0.3, -0.25) is 4.79 Å². The second kappa shape index (κ2) is 8.75. The summed E-state index contributed by atoms with van der Waals surface area (Å²) in [5, 5.41) is 13.2. The summed E-state index contributed by atoms with van der Waals surface area (Å²) < 4.78 is 5.08. The Kier molecular flexibility index (Phi) is 6.38. The molecule has 0 aliphatic carbocycles. The van der Waals surface area contributed by atoms with Gasteiger partial charge < -0.3 is 15.2 Å². The molecule has 2 N–H and O–H groups in total. The van der Waals surface area contributed by atoms with Gasteiger partial charge in [0, 0.05) is 11.4 Å². The van der Waals surface area contributed by atoms with E-state index in [4.69, 9.17) is 9.84 Å². The Bertz CT molecular complexity index is 679. The Morgan fingerprint density at radius 1 is 1.26 bits per heavy atom. The van der Waals surface area contributed by atoms with Gasteiger partial charge in [-0.15, -0.1) is 11.3 Å². The standard InChI is InChI=1S/C17H17NO4S/c19-16(20)10-15-9-14(12-23-15)7-4-8-18-17(21)22-11-13-5-2-1-3-6-13/h1-7,9,12H,8,10-11H2,(H,18,21)(H,19,20). The van der Waals surface area contributed by atoms with Crippen LogP contribution in [0.5, 0.6) is 0 Å². The molecule has 1 amide bonds. The van der Waals surface area contributed by atoms with Crippen LogP contribution in [0, 0.1) is 0 Å². The van der Waals surface area contributed by atoms with Crippen molar-refractivity contribution in [1.29, 1.82) is 0 Å². The molecule has 0 saturated heterocycles. The molecule has 5 nitrogen and oxygen atoms in total. The fourth-order valence-electron chi connectivity index (χ4n) is 1.84. The predicted octanol–water partition coefficient (Wildman–Crippen LogP) is 3.31. The molecule has 0 saturated carbocycles. The zero-order valence-electron chi connectivity index (χ0n) is 12.4. The van der Waals surface area contributed by atoms with Crippen molar-refractivity contribution in [2.45, 2.75) is 13.0 Å². The fraction of sp³-hybridized carbons (Fsp3) is 0.176. The molecule has 0 aliphatic heterocycles. The fourth-order valence-corrected chi connectivity index (χ4v) is 2.68. The van der Waals surface area contributed by atoms with Crippen LogP contribution in [0.1, 0.15) is 16.0 Å². The number of hydrogen-bond donors (Lipinski definition) is 2. The van der Waals surface area contributed by atoms with Gasteiger partial charge in [-0.25, -0.2) is 4.79 Å². The molecular weight excluding hydrogens is 314 g/mol. The monoisotopic (exact) mass is 331 g/mol. The molecule has 0 spiro atoms. The summed E-state index contributed by atoms with van der Waals surface area (Å²) in [5.41, 5.74) is 1.85. The van der Waals surface area contributed by atoms with E-state index >= 15 is 0 Å². The van der Waals surface area contributed by atoms with Crippen LogP contribution in [-0.4, -0.2) is 23.7 Å². The number of thiophene rings is 1. The number of aliphatic carboxylic acids is 1. The number of carbonyl (C=O) groups is 2. The van der Waals surface area contributed by atoms with Crippen molar-refractivity contribution in [2.24, 2.45) is 0 Å². The van der Waals surface area contributed by atoms with Crippen molar-refractivity contribution in [2.75, 3.05) is 6.54 Å². The number of carbonyl (C=O) groups excluding carboxylic acids is 1. The van der Waals surface area contributed by atoms with E-state index in [1.165, 1.54) is 11.3 Å². The van der Waals surface area contributed by atoms with Gasteiger partial charge in [0.2, 0.25) is 0 Å². The first kappa shape index (κ1) is 16.8. The van der Waals surface area contributed by atoms with Crippen molar-refractivity contribution in [3.63, 3.8) is 0 Å². The van der Waals surface area contributed by atoms with Gasteiger partial charge in [0.1, 0.15) is 6.61 Å². The number of hydrogen-bond acceptors (Lipinski definition) is 4. The molecule has 1 heterocycles. The van der Waals surface area contributed by atoms with E-state index in [9.17, 15) is 9.59 Å². The molecule has 0 radical (unpaired) electrons. The van der Waals surface area contributed by atoms with Crippen molar-refractivity contribution in [3.05, 3.63) is 63.9 Å². The molecule has 2 aromatic rings. The van der Waals surface area contributed by atoms with E-state index in [0.29, 0.717) is 6.54 Å². The first-order valence-corrected chi connectivity index (χ1v) is 7.92. The molecule has 23 heavy (non-hydrogen) atoms. The van der Waals surface area contributed by atoms with E-state index in [2.05, 4.69) is 5.32 Å². The van der Waals surface area contributed by atoms with E-state index in [-0.39, 0.29) is 13.0 Å². The number of alkyl carbamates (subject to hydrolysis) is 1. The number of carboxylic acid groups (broad SMARTS) is 1. The van der Waals surface area contributed by atoms with Crippen LogP contribution in [0.25, 0.3) is 6.08 Å².